The Kier molecular flexibility index (Phi) is 6.42. The van der Waals surface area contributed by atoms with Crippen LogP contribution in [0, 0.1) is 29.1 Å². The lowest BCUT2D eigenvalue weighted by Gasteiger charge is -2.37. The second kappa shape index (κ2) is 7.42. The predicted octanol–water partition coefficient (Wildman–Crippen LogP) is 4.24. The largest absolute Gasteiger partial charge is 0.465 e. The van der Waals surface area contributed by atoms with E-state index in [-0.39, 0.29) is 23.6 Å². The lowest BCUT2D eigenvalue weighted by molar-refractivity contribution is -0.155. The summed E-state index contributed by atoms with van der Waals surface area (Å²) in [6, 6.07) is 0. The standard InChI is InChI=1S/C18H32O3/c1-7-21-17(20)15(12(2)3)16(19)13-8-10-14(11-9-13)18(4,5)6/h12-15H,7-11H2,1-6H3. The van der Waals surface area contributed by atoms with Crippen LogP contribution >= 0.6 is 0 Å². The highest BCUT2D eigenvalue weighted by molar-refractivity contribution is 6.00. The smallest absolute Gasteiger partial charge is 0.316 e. The van der Waals surface area contributed by atoms with Gasteiger partial charge >= 0.3 is 5.97 Å². The van der Waals surface area contributed by atoms with Crippen molar-refractivity contribution in [1.82, 2.24) is 0 Å². The van der Waals surface area contributed by atoms with E-state index >= 15 is 0 Å². The van der Waals surface area contributed by atoms with E-state index in [0.717, 1.165) is 25.7 Å². The maximum absolute atomic E-state index is 12.7. The number of esters is 1. The van der Waals surface area contributed by atoms with Crippen molar-refractivity contribution in [3.8, 4) is 0 Å². The molecule has 0 spiro atoms. The van der Waals surface area contributed by atoms with Gasteiger partial charge in [-0.3, -0.25) is 9.59 Å². The third kappa shape index (κ3) is 4.82. The van der Waals surface area contributed by atoms with E-state index in [2.05, 4.69) is 20.8 Å². The van der Waals surface area contributed by atoms with E-state index in [1.165, 1.54) is 0 Å². The second-order valence-corrected chi connectivity index (χ2v) is 7.79. The molecule has 0 bridgehead atoms. The normalized spacial score (nSPS) is 24.7. The maximum atomic E-state index is 12.7. The molecule has 1 saturated carbocycles. The van der Waals surface area contributed by atoms with E-state index < -0.39 is 5.92 Å². The van der Waals surface area contributed by atoms with E-state index in [1.807, 2.05) is 13.8 Å². The van der Waals surface area contributed by atoms with Gasteiger partial charge in [-0.15, -0.1) is 0 Å². The number of ether oxygens (including phenoxy) is 1. The summed E-state index contributed by atoms with van der Waals surface area (Å²) in [6.07, 6.45) is 4.02. The van der Waals surface area contributed by atoms with Gasteiger partial charge in [-0.1, -0.05) is 34.6 Å². The Morgan fingerprint density at radius 3 is 2.00 bits per heavy atom. The Balaban J connectivity index is 2.68. The first-order chi connectivity index (χ1) is 9.68. The molecule has 0 radical (unpaired) electrons. The summed E-state index contributed by atoms with van der Waals surface area (Å²) in [5.41, 5.74) is 0.312. The highest BCUT2D eigenvalue weighted by Crippen LogP contribution is 2.41. The molecule has 1 fully saturated rings. The van der Waals surface area contributed by atoms with Crippen LogP contribution in [0.5, 0.6) is 0 Å². The maximum Gasteiger partial charge on any atom is 0.316 e. The molecule has 0 N–H and O–H groups in total. The molecule has 0 amide bonds. The second-order valence-electron chi connectivity index (χ2n) is 7.79. The summed E-state index contributed by atoms with van der Waals surface area (Å²) < 4.78 is 5.09. The molecule has 1 aliphatic rings. The van der Waals surface area contributed by atoms with Crippen molar-refractivity contribution in [2.75, 3.05) is 6.61 Å². The van der Waals surface area contributed by atoms with Crippen LogP contribution in [0.4, 0.5) is 0 Å². The van der Waals surface area contributed by atoms with Crippen LogP contribution in [0.2, 0.25) is 0 Å². The lowest BCUT2D eigenvalue weighted by Crippen LogP contribution is -2.37. The topological polar surface area (TPSA) is 43.4 Å². The molecule has 0 aliphatic heterocycles. The molecule has 3 heteroatoms. The van der Waals surface area contributed by atoms with Crippen molar-refractivity contribution in [1.29, 1.82) is 0 Å². The van der Waals surface area contributed by atoms with E-state index in [0.29, 0.717) is 17.9 Å². The summed E-state index contributed by atoms with van der Waals surface area (Å²) in [5, 5.41) is 0. The minimum Gasteiger partial charge on any atom is -0.465 e. The molecule has 1 rings (SSSR count). The van der Waals surface area contributed by atoms with Crippen LogP contribution in [0.25, 0.3) is 0 Å². The monoisotopic (exact) mass is 296 g/mol. The van der Waals surface area contributed by atoms with Gasteiger partial charge in [0, 0.05) is 5.92 Å². The van der Waals surface area contributed by atoms with Gasteiger partial charge < -0.3 is 4.74 Å². The van der Waals surface area contributed by atoms with Crippen LogP contribution in [-0.4, -0.2) is 18.4 Å². The fourth-order valence-electron chi connectivity index (χ4n) is 3.45. The molecule has 3 nitrogen and oxygen atoms in total. The fourth-order valence-corrected chi connectivity index (χ4v) is 3.45. The molecule has 0 saturated heterocycles. The molecule has 122 valence electrons. The fraction of sp³-hybridized carbons (Fsp3) is 0.889. The van der Waals surface area contributed by atoms with Crippen molar-refractivity contribution < 1.29 is 14.3 Å². The molecular weight excluding hydrogens is 264 g/mol. The zero-order valence-electron chi connectivity index (χ0n) is 14.6. The molecule has 0 aromatic carbocycles. The third-order valence-electron chi connectivity index (χ3n) is 4.87. The first-order valence-corrected chi connectivity index (χ1v) is 8.38. The van der Waals surface area contributed by atoms with Crippen LogP contribution in [0.3, 0.4) is 0 Å². The minimum atomic E-state index is -0.582. The number of hydrogen-bond donors (Lipinski definition) is 0. The van der Waals surface area contributed by atoms with Gasteiger partial charge in [-0.25, -0.2) is 0 Å². The van der Waals surface area contributed by atoms with Crippen LogP contribution in [0.15, 0.2) is 0 Å². The number of carbonyl (C=O) groups excluding carboxylic acids is 2. The van der Waals surface area contributed by atoms with Gasteiger partial charge in [0.05, 0.1) is 6.61 Å². The van der Waals surface area contributed by atoms with Gasteiger partial charge in [-0.05, 0) is 49.9 Å². The molecule has 1 aliphatic carbocycles. The van der Waals surface area contributed by atoms with Crippen molar-refractivity contribution in [3.63, 3.8) is 0 Å². The van der Waals surface area contributed by atoms with Crippen molar-refractivity contribution >= 4 is 11.8 Å². The summed E-state index contributed by atoms with van der Waals surface area (Å²) in [7, 11) is 0. The van der Waals surface area contributed by atoms with Crippen LogP contribution < -0.4 is 0 Å². The van der Waals surface area contributed by atoms with Crippen molar-refractivity contribution in [2.45, 2.75) is 67.2 Å². The van der Waals surface area contributed by atoms with Crippen molar-refractivity contribution in [2.24, 2.45) is 29.1 Å². The SMILES string of the molecule is CCOC(=O)C(C(=O)C1CCC(C(C)(C)C)CC1)C(C)C. The molecule has 1 unspecified atom stereocenters. The number of ketones is 1. The zero-order valence-corrected chi connectivity index (χ0v) is 14.6. The molecule has 0 heterocycles. The molecule has 0 aromatic heterocycles. The van der Waals surface area contributed by atoms with Gasteiger partial charge in [-0.2, -0.15) is 0 Å². The van der Waals surface area contributed by atoms with Crippen LogP contribution in [0.1, 0.15) is 67.2 Å². The number of Topliss-reactive ketones (excluding diaryl/α,β-unsaturated/α-hetero) is 1. The number of rotatable bonds is 5. The van der Waals surface area contributed by atoms with E-state index in [1.54, 1.807) is 6.92 Å². The Morgan fingerprint density at radius 1 is 1.10 bits per heavy atom. The molecular formula is C18H32O3. The summed E-state index contributed by atoms with van der Waals surface area (Å²) >= 11 is 0. The van der Waals surface area contributed by atoms with E-state index in [4.69, 9.17) is 4.74 Å². The van der Waals surface area contributed by atoms with E-state index in [9.17, 15) is 9.59 Å². The first-order valence-electron chi connectivity index (χ1n) is 8.38. The highest BCUT2D eigenvalue weighted by atomic mass is 16.5. The first kappa shape index (κ1) is 18.2. The predicted molar refractivity (Wildman–Crippen MR) is 84.9 cm³/mol. The summed E-state index contributed by atoms with van der Waals surface area (Å²) in [4.78, 5) is 24.8. The lowest BCUT2D eigenvalue weighted by atomic mass is 9.67. The van der Waals surface area contributed by atoms with Gasteiger partial charge in [0.1, 0.15) is 11.7 Å². The average Bonchev–Trinajstić information content (AvgIpc) is 2.37. The average molecular weight is 296 g/mol. The molecule has 21 heavy (non-hydrogen) atoms. The Bertz CT molecular complexity index is 357. The zero-order chi connectivity index (χ0) is 16.2. The molecule has 0 aromatic rings. The summed E-state index contributed by atoms with van der Waals surface area (Å²) in [5.74, 6) is -0.0775. The van der Waals surface area contributed by atoms with Gasteiger partial charge in [0.25, 0.3) is 0 Å². The Morgan fingerprint density at radius 2 is 1.62 bits per heavy atom. The highest BCUT2D eigenvalue weighted by Gasteiger charge is 2.38. The Labute approximate surface area is 129 Å². The Hall–Kier alpha value is -0.860. The van der Waals surface area contributed by atoms with Crippen molar-refractivity contribution in [3.05, 3.63) is 0 Å². The quantitative estimate of drug-likeness (QED) is 0.563. The third-order valence-corrected chi connectivity index (χ3v) is 4.87. The number of hydrogen-bond acceptors (Lipinski definition) is 3. The molecule has 1 atom stereocenters. The minimum absolute atomic E-state index is 0.0110. The van der Waals surface area contributed by atoms with Crippen LogP contribution in [-0.2, 0) is 14.3 Å². The summed E-state index contributed by atoms with van der Waals surface area (Å²) in [6.45, 7) is 12.8. The van der Waals surface area contributed by atoms with Gasteiger partial charge in [0.15, 0.2) is 0 Å². The number of carbonyl (C=O) groups is 2. The van der Waals surface area contributed by atoms with Gasteiger partial charge in [0.2, 0.25) is 0 Å².